The molecule has 0 radical (unpaired) electrons. The van der Waals surface area contributed by atoms with Crippen LogP contribution in [0.1, 0.15) is 0 Å². The van der Waals surface area contributed by atoms with Gasteiger partial charge in [-0.15, -0.1) is 0 Å². The molecule has 0 fully saturated rings. The molecular formula is C6H6N4O2S. The number of primary sulfonamides is 1. The summed E-state index contributed by atoms with van der Waals surface area (Å²) in [5.74, 6) is 0. The Hall–Kier alpha value is -1.47. The normalized spacial score (nSPS) is 12.1. The highest BCUT2D eigenvalue weighted by atomic mass is 32.2. The predicted molar refractivity (Wildman–Crippen MR) is 45.3 cm³/mol. The van der Waals surface area contributed by atoms with Gasteiger partial charge in [0.25, 0.3) is 10.0 Å². The molecule has 68 valence electrons. The number of H-pyrrole nitrogens is 1. The zero-order valence-electron chi connectivity index (χ0n) is 6.43. The van der Waals surface area contributed by atoms with Crippen molar-refractivity contribution in [3.05, 3.63) is 18.5 Å². The lowest BCUT2D eigenvalue weighted by atomic mass is 10.3. The van der Waals surface area contributed by atoms with E-state index in [1.165, 1.54) is 12.4 Å². The third kappa shape index (κ3) is 1.27. The van der Waals surface area contributed by atoms with Gasteiger partial charge in [0.1, 0.15) is 0 Å². The maximum atomic E-state index is 11.0. The van der Waals surface area contributed by atoms with Crippen LogP contribution in [-0.4, -0.2) is 23.6 Å². The summed E-state index contributed by atoms with van der Waals surface area (Å²) in [6.45, 7) is 0. The van der Waals surface area contributed by atoms with Crippen molar-refractivity contribution in [1.29, 1.82) is 0 Å². The van der Waals surface area contributed by atoms with E-state index in [1.54, 1.807) is 6.07 Å². The predicted octanol–water partition coefficient (Wildman–Crippen LogP) is -0.395. The lowest BCUT2D eigenvalue weighted by Gasteiger charge is -1.91. The monoisotopic (exact) mass is 198 g/mol. The molecule has 13 heavy (non-hydrogen) atoms. The third-order valence-corrected chi connectivity index (χ3v) is 2.49. The van der Waals surface area contributed by atoms with E-state index >= 15 is 0 Å². The summed E-state index contributed by atoms with van der Waals surface area (Å²) in [4.78, 5) is 3.78. The molecule has 2 heterocycles. The Balaban J connectivity index is 2.87. The number of rotatable bonds is 1. The molecule has 0 bridgehead atoms. The lowest BCUT2D eigenvalue weighted by Crippen LogP contribution is -2.12. The topological polar surface area (TPSA) is 102 Å². The summed E-state index contributed by atoms with van der Waals surface area (Å²) in [6.07, 6.45) is 2.93. The van der Waals surface area contributed by atoms with Gasteiger partial charge in [0.05, 0.1) is 10.9 Å². The Morgan fingerprint density at radius 1 is 1.46 bits per heavy atom. The van der Waals surface area contributed by atoms with Crippen molar-refractivity contribution in [2.24, 2.45) is 5.14 Å². The molecule has 0 aromatic carbocycles. The Kier molecular flexibility index (Phi) is 1.57. The van der Waals surface area contributed by atoms with Crippen molar-refractivity contribution in [3.63, 3.8) is 0 Å². The summed E-state index contributed by atoms with van der Waals surface area (Å²) < 4.78 is 22.0. The quantitative estimate of drug-likeness (QED) is 0.651. The zero-order valence-corrected chi connectivity index (χ0v) is 7.25. The molecule has 0 aliphatic rings. The SMILES string of the molecule is NS(=O)(=O)c1[nH]nc2ccncc12. The van der Waals surface area contributed by atoms with Gasteiger partial charge in [0.15, 0.2) is 5.03 Å². The summed E-state index contributed by atoms with van der Waals surface area (Å²) in [5.41, 5.74) is 0.527. The van der Waals surface area contributed by atoms with Crippen LogP contribution >= 0.6 is 0 Å². The van der Waals surface area contributed by atoms with Gasteiger partial charge in [-0.25, -0.2) is 13.6 Å². The van der Waals surface area contributed by atoms with Crippen molar-refractivity contribution < 1.29 is 8.42 Å². The van der Waals surface area contributed by atoms with Gasteiger partial charge < -0.3 is 0 Å². The fourth-order valence-electron chi connectivity index (χ4n) is 1.05. The van der Waals surface area contributed by atoms with E-state index in [0.717, 1.165) is 0 Å². The first-order valence-corrected chi connectivity index (χ1v) is 4.94. The number of hydrogen-bond donors (Lipinski definition) is 2. The van der Waals surface area contributed by atoms with Crippen LogP contribution in [0.4, 0.5) is 0 Å². The number of sulfonamides is 1. The second-order valence-corrected chi connectivity index (χ2v) is 3.99. The maximum Gasteiger partial charge on any atom is 0.255 e. The Morgan fingerprint density at radius 3 is 2.92 bits per heavy atom. The minimum Gasteiger partial charge on any atom is -0.265 e. The van der Waals surface area contributed by atoms with Gasteiger partial charge in [0, 0.05) is 12.4 Å². The van der Waals surface area contributed by atoms with Crippen LogP contribution in [0.25, 0.3) is 10.9 Å². The molecule has 0 atom stereocenters. The van der Waals surface area contributed by atoms with Crippen LogP contribution in [0, 0.1) is 0 Å². The summed E-state index contributed by atoms with van der Waals surface area (Å²) in [6, 6.07) is 1.60. The second-order valence-electron chi connectivity index (χ2n) is 2.49. The average Bonchev–Trinajstić information content (AvgIpc) is 2.45. The molecule has 0 amide bonds. The minimum atomic E-state index is -3.74. The standard InChI is InChI=1S/C6H6N4O2S/c7-13(11,12)6-4-3-8-2-1-5(4)9-10-6/h1-3H,(H,9,10)(H2,7,11,12). The van der Waals surface area contributed by atoms with Crippen molar-refractivity contribution >= 4 is 20.9 Å². The number of aromatic amines is 1. The first-order chi connectivity index (χ1) is 6.09. The fourth-order valence-corrected chi connectivity index (χ4v) is 1.68. The molecule has 3 N–H and O–H groups in total. The van der Waals surface area contributed by atoms with E-state index in [0.29, 0.717) is 10.9 Å². The summed E-state index contributed by atoms with van der Waals surface area (Å²) >= 11 is 0. The van der Waals surface area contributed by atoms with E-state index in [9.17, 15) is 8.42 Å². The average molecular weight is 198 g/mol. The van der Waals surface area contributed by atoms with E-state index < -0.39 is 10.0 Å². The van der Waals surface area contributed by atoms with Crippen molar-refractivity contribution in [2.75, 3.05) is 0 Å². The van der Waals surface area contributed by atoms with E-state index in [1.807, 2.05) is 0 Å². The van der Waals surface area contributed by atoms with Gasteiger partial charge in [-0.1, -0.05) is 0 Å². The van der Waals surface area contributed by atoms with Crippen LogP contribution in [0.5, 0.6) is 0 Å². The van der Waals surface area contributed by atoms with Crippen LogP contribution in [-0.2, 0) is 10.0 Å². The van der Waals surface area contributed by atoms with Crippen LogP contribution in [0.15, 0.2) is 23.5 Å². The van der Waals surface area contributed by atoms with Crippen molar-refractivity contribution in [1.82, 2.24) is 15.2 Å². The number of nitrogens with one attached hydrogen (secondary N) is 1. The van der Waals surface area contributed by atoms with Crippen LogP contribution in [0.2, 0.25) is 0 Å². The number of nitrogens with zero attached hydrogens (tertiary/aromatic N) is 2. The minimum absolute atomic E-state index is 0.101. The molecular weight excluding hydrogens is 192 g/mol. The summed E-state index contributed by atoms with van der Waals surface area (Å²) in [5, 5.41) is 11.4. The van der Waals surface area contributed by atoms with Crippen molar-refractivity contribution in [2.45, 2.75) is 5.03 Å². The number of fused-ring (bicyclic) bond motifs is 1. The van der Waals surface area contributed by atoms with Gasteiger partial charge in [-0.2, -0.15) is 5.10 Å². The smallest absolute Gasteiger partial charge is 0.255 e. The first kappa shape index (κ1) is 8.14. The highest BCUT2D eigenvalue weighted by molar-refractivity contribution is 7.89. The molecule has 6 nitrogen and oxygen atoms in total. The molecule has 0 spiro atoms. The van der Waals surface area contributed by atoms with Gasteiger partial charge in [0.2, 0.25) is 0 Å². The lowest BCUT2D eigenvalue weighted by molar-refractivity contribution is 0.594. The van der Waals surface area contributed by atoms with Gasteiger partial charge in [-0.3, -0.25) is 10.1 Å². The molecule has 0 aliphatic carbocycles. The number of nitrogens with two attached hydrogens (primary N) is 1. The van der Waals surface area contributed by atoms with Gasteiger partial charge in [-0.05, 0) is 6.07 Å². The second kappa shape index (κ2) is 2.51. The molecule has 2 aromatic rings. The highest BCUT2D eigenvalue weighted by Gasteiger charge is 2.14. The Bertz CT molecular complexity index is 545. The Morgan fingerprint density at radius 2 is 2.23 bits per heavy atom. The van der Waals surface area contributed by atoms with Crippen molar-refractivity contribution in [3.8, 4) is 0 Å². The largest absolute Gasteiger partial charge is 0.265 e. The maximum absolute atomic E-state index is 11.0. The number of pyridine rings is 1. The fraction of sp³-hybridized carbons (Fsp3) is 0. The first-order valence-electron chi connectivity index (χ1n) is 3.40. The molecule has 0 saturated carbocycles. The molecule has 0 aliphatic heterocycles. The van der Waals surface area contributed by atoms with E-state index in [2.05, 4.69) is 15.2 Å². The van der Waals surface area contributed by atoms with Crippen LogP contribution in [0.3, 0.4) is 0 Å². The van der Waals surface area contributed by atoms with E-state index in [4.69, 9.17) is 5.14 Å². The molecule has 2 aromatic heterocycles. The molecule has 0 saturated heterocycles. The zero-order chi connectivity index (χ0) is 9.47. The number of hydrogen-bond acceptors (Lipinski definition) is 4. The summed E-state index contributed by atoms with van der Waals surface area (Å²) in [7, 11) is -3.74. The van der Waals surface area contributed by atoms with Gasteiger partial charge >= 0.3 is 0 Å². The molecule has 2 rings (SSSR count). The molecule has 0 unspecified atom stereocenters. The molecule has 7 heteroatoms. The highest BCUT2D eigenvalue weighted by Crippen LogP contribution is 2.16. The Labute approximate surface area is 73.8 Å². The third-order valence-electron chi connectivity index (χ3n) is 1.61. The van der Waals surface area contributed by atoms with Crippen LogP contribution < -0.4 is 5.14 Å². The number of aromatic nitrogens is 3. The van der Waals surface area contributed by atoms with E-state index in [-0.39, 0.29) is 5.03 Å².